The SMILES string of the molecule is CCCC(Oc1ccc(C(=O)OC)cc1N)C(=O)O. The van der Waals surface area contributed by atoms with E-state index in [0.29, 0.717) is 12.8 Å². The van der Waals surface area contributed by atoms with Crippen molar-refractivity contribution in [3.8, 4) is 5.75 Å². The van der Waals surface area contributed by atoms with Gasteiger partial charge in [-0.2, -0.15) is 0 Å². The van der Waals surface area contributed by atoms with Gasteiger partial charge >= 0.3 is 11.9 Å². The molecule has 0 heterocycles. The molecule has 0 saturated carbocycles. The van der Waals surface area contributed by atoms with Crippen LogP contribution in [0.5, 0.6) is 5.75 Å². The normalized spacial score (nSPS) is 11.7. The Balaban J connectivity index is 2.90. The topological polar surface area (TPSA) is 98.9 Å². The quantitative estimate of drug-likeness (QED) is 0.601. The summed E-state index contributed by atoms with van der Waals surface area (Å²) in [6.07, 6.45) is 0.112. The number of hydrogen-bond acceptors (Lipinski definition) is 5. The minimum Gasteiger partial charge on any atom is -0.479 e. The van der Waals surface area contributed by atoms with Crippen LogP contribution in [-0.2, 0) is 9.53 Å². The molecule has 0 amide bonds. The number of carbonyl (C=O) groups excluding carboxylic acids is 1. The highest BCUT2D eigenvalue weighted by Gasteiger charge is 2.19. The standard InChI is InChI=1S/C13H17NO5/c1-3-4-11(12(15)16)19-10-6-5-8(7-9(10)14)13(17)18-2/h5-7,11H,3-4,14H2,1-2H3,(H,15,16). The maximum Gasteiger partial charge on any atom is 0.344 e. The summed E-state index contributed by atoms with van der Waals surface area (Å²) in [5.74, 6) is -1.31. The van der Waals surface area contributed by atoms with Crippen molar-refractivity contribution < 1.29 is 24.2 Å². The summed E-state index contributed by atoms with van der Waals surface area (Å²) < 4.78 is 9.90. The van der Waals surface area contributed by atoms with Crippen molar-refractivity contribution >= 4 is 17.6 Å². The first-order valence-electron chi connectivity index (χ1n) is 5.86. The summed E-state index contributed by atoms with van der Waals surface area (Å²) in [5, 5.41) is 9.00. The number of carboxylic acids is 1. The number of benzene rings is 1. The monoisotopic (exact) mass is 267 g/mol. The Morgan fingerprint density at radius 3 is 2.58 bits per heavy atom. The smallest absolute Gasteiger partial charge is 0.344 e. The molecule has 0 bridgehead atoms. The molecule has 0 spiro atoms. The van der Waals surface area contributed by atoms with E-state index in [1.54, 1.807) is 0 Å². The fourth-order valence-corrected chi connectivity index (χ4v) is 1.55. The third-order valence-electron chi connectivity index (χ3n) is 2.53. The molecule has 1 unspecified atom stereocenters. The summed E-state index contributed by atoms with van der Waals surface area (Å²) >= 11 is 0. The molecule has 6 heteroatoms. The average molecular weight is 267 g/mol. The van der Waals surface area contributed by atoms with Crippen LogP contribution in [0.4, 0.5) is 5.69 Å². The highest BCUT2D eigenvalue weighted by molar-refractivity contribution is 5.91. The minimum absolute atomic E-state index is 0.199. The van der Waals surface area contributed by atoms with Gasteiger partial charge in [0.1, 0.15) is 5.75 Å². The van der Waals surface area contributed by atoms with E-state index in [1.807, 2.05) is 6.92 Å². The van der Waals surface area contributed by atoms with Gasteiger partial charge in [0.2, 0.25) is 0 Å². The summed E-state index contributed by atoms with van der Waals surface area (Å²) in [5.41, 5.74) is 6.22. The summed E-state index contributed by atoms with van der Waals surface area (Å²) in [6, 6.07) is 4.33. The molecule has 0 aromatic heterocycles. The largest absolute Gasteiger partial charge is 0.479 e. The number of anilines is 1. The lowest BCUT2D eigenvalue weighted by Gasteiger charge is -2.16. The average Bonchev–Trinajstić information content (AvgIpc) is 2.39. The predicted octanol–water partition coefficient (Wildman–Crippen LogP) is 1.69. The molecule has 0 aliphatic carbocycles. The Labute approximate surface area is 111 Å². The molecule has 0 aliphatic rings. The van der Waals surface area contributed by atoms with E-state index in [0.717, 1.165) is 0 Å². The fraction of sp³-hybridized carbons (Fsp3) is 0.385. The Morgan fingerprint density at radius 1 is 1.42 bits per heavy atom. The van der Waals surface area contributed by atoms with Crippen LogP contribution >= 0.6 is 0 Å². The molecular weight excluding hydrogens is 250 g/mol. The van der Waals surface area contributed by atoms with Gasteiger partial charge < -0.3 is 20.3 Å². The maximum atomic E-state index is 11.3. The molecule has 19 heavy (non-hydrogen) atoms. The van der Waals surface area contributed by atoms with Crippen LogP contribution in [0.2, 0.25) is 0 Å². The van der Waals surface area contributed by atoms with E-state index in [2.05, 4.69) is 4.74 Å². The number of rotatable bonds is 6. The molecular formula is C13H17NO5. The first-order chi connectivity index (χ1) is 8.99. The zero-order valence-electron chi connectivity index (χ0n) is 10.9. The summed E-state index contributed by atoms with van der Waals surface area (Å²) in [6.45, 7) is 1.86. The number of nitrogen functional groups attached to an aromatic ring is 1. The van der Waals surface area contributed by atoms with Crippen molar-refractivity contribution in [1.82, 2.24) is 0 Å². The zero-order chi connectivity index (χ0) is 14.4. The fourth-order valence-electron chi connectivity index (χ4n) is 1.55. The molecule has 1 aromatic carbocycles. The van der Waals surface area contributed by atoms with Gasteiger partial charge in [-0.15, -0.1) is 0 Å². The van der Waals surface area contributed by atoms with E-state index in [-0.39, 0.29) is 17.0 Å². The van der Waals surface area contributed by atoms with E-state index in [4.69, 9.17) is 15.6 Å². The highest BCUT2D eigenvalue weighted by atomic mass is 16.5. The van der Waals surface area contributed by atoms with Crippen LogP contribution < -0.4 is 10.5 Å². The molecule has 1 rings (SSSR count). The van der Waals surface area contributed by atoms with E-state index in [1.165, 1.54) is 25.3 Å². The molecule has 6 nitrogen and oxygen atoms in total. The van der Waals surface area contributed by atoms with Crippen molar-refractivity contribution in [2.75, 3.05) is 12.8 Å². The highest BCUT2D eigenvalue weighted by Crippen LogP contribution is 2.25. The second-order valence-corrected chi connectivity index (χ2v) is 3.98. The second-order valence-electron chi connectivity index (χ2n) is 3.98. The molecule has 0 fully saturated rings. The number of aliphatic carboxylic acids is 1. The Hall–Kier alpha value is -2.24. The Kier molecular flexibility index (Phi) is 5.17. The first kappa shape index (κ1) is 14.8. The van der Waals surface area contributed by atoms with Gasteiger partial charge in [0, 0.05) is 0 Å². The van der Waals surface area contributed by atoms with Crippen molar-refractivity contribution in [2.45, 2.75) is 25.9 Å². The van der Waals surface area contributed by atoms with Crippen LogP contribution in [0.1, 0.15) is 30.1 Å². The van der Waals surface area contributed by atoms with Crippen LogP contribution in [0.25, 0.3) is 0 Å². The van der Waals surface area contributed by atoms with Gasteiger partial charge in [-0.3, -0.25) is 0 Å². The maximum absolute atomic E-state index is 11.3. The van der Waals surface area contributed by atoms with Crippen LogP contribution in [-0.4, -0.2) is 30.3 Å². The van der Waals surface area contributed by atoms with Gasteiger partial charge in [-0.1, -0.05) is 13.3 Å². The minimum atomic E-state index is -1.04. The number of methoxy groups -OCH3 is 1. The summed E-state index contributed by atoms with van der Waals surface area (Å²) in [4.78, 5) is 22.3. The van der Waals surface area contributed by atoms with E-state index in [9.17, 15) is 9.59 Å². The first-order valence-corrected chi connectivity index (χ1v) is 5.86. The molecule has 104 valence electrons. The van der Waals surface area contributed by atoms with Gasteiger partial charge in [-0.25, -0.2) is 9.59 Å². The lowest BCUT2D eigenvalue weighted by molar-refractivity contribution is -0.145. The molecule has 0 radical (unpaired) electrons. The van der Waals surface area contributed by atoms with E-state index >= 15 is 0 Å². The van der Waals surface area contributed by atoms with Gasteiger partial charge in [0.15, 0.2) is 6.10 Å². The Bertz CT molecular complexity index is 472. The lowest BCUT2D eigenvalue weighted by atomic mass is 10.1. The van der Waals surface area contributed by atoms with Crippen molar-refractivity contribution in [2.24, 2.45) is 0 Å². The number of nitrogens with two attached hydrogens (primary N) is 1. The number of esters is 1. The number of carboxylic acid groups (broad SMARTS) is 1. The number of carbonyl (C=O) groups is 2. The number of ether oxygens (including phenoxy) is 2. The van der Waals surface area contributed by atoms with E-state index < -0.39 is 18.0 Å². The third kappa shape index (κ3) is 3.87. The zero-order valence-corrected chi connectivity index (χ0v) is 10.9. The van der Waals surface area contributed by atoms with Crippen LogP contribution in [0, 0.1) is 0 Å². The van der Waals surface area contributed by atoms with Crippen molar-refractivity contribution in [1.29, 1.82) is 0 Å². The number of hydrogen-bond donors (Lipinski definition) is 2. The third-order valence-corrected chi connectivity index (χ3v) is 2.53. The predicted molar refractivity (Wildman–Crippen MR) is 69.2 cm³/mol. The van der Waals surface area contributed by atoms with Gasteiger partial charge in [-0.05, 0) is 24.6 Å². The molecule has 0 saturated heterocycles. The molecule has 1 aromatic rings. The van der Waals surface area contributed by atoms with Crippen molar-refractivity contribution in [3.63, 3.8) is 0 Å². The van der Waals surface area contributed by atoms with Crippen LogP contribution in [0.15, 0.2) is 18.2 Å². The lowest BCUT2D eigenvalue weighted by Crippen LogP contribution is -2.27. The Morgan fingerprint density at radius 2 is 2.11 bits per heavy atom. The molecule has 1 atom stereocenters. The van der Waals surface area contributed by atoms with Crippen molar-refractivity contribution in [3.05, 3.63) is 23.8 Å². The van der Waals surface area contributed by atoms with Gasteiger partial charge in [0.25, 0.3) is 0 Å². The summed E-state index contributed by atoms with van der Waals surface area (Å²) in [7, 11) is 1.27. The van der Waals surface area contributed by atoms with Crippen LogP contribution in [0.3, 0.4) is 0 Å². The van der Waals surface area contributed by atoms with Gasteiger partial charge in [0.05, 0.1) is 18.4 Å². The molecule has 3 N–H and O–H groups in total. The molecule has 0 aliphatic heterocycles. The second kappa shape index (κ2) is 6.63.